The van der Waals surface area contributed by atoms with Gasteiger partial charge in [0.25, 0.3) is 0 Å². The van der Waals surface area contributed by atoms with Gasteiger partial charge in [-0.1, -0.05) is 30.3 Å². The fraction of sp³-hybridized carbons (Fsp3) is 0.400. The molecule has 1 saturated heterocycles. The first kappa shape index (κ1) is 18.8. The number of ketones is 1. The highest BCUT2D eigenvalue weighted by Gasteiger charge is 2.26. The van der Waals surface area contributed by atoms with Crippen LogP contribution in [-0.2, 0) is 4.79 Å². The van der Waals surface area contributed by atoms with Crippen LogP contribution in [0.4, 0.5) is 0 Å². The molecule has 1 fully saturated rings. The van der Waals surface area contributed by atoms with Gasteiger partial charge in [-0.05, 0) is 19.8 Å². The summed E-state index contributed by atoms with van der Waals surface area (Å²) in [5.41, 5.74) is 1.49. The molecule has 1 aromatic carbocycles. The highest BCUT2D eigenvalue weighted by atomic mass is 16.4. The number of benzene rings is 1. The van der Waals surface area contributed by atoms with Crippen molar-refractivity contribution in [3.8, 4) is 0 Å². The third kappa shape index (κ3) is 4.24. The van der Waals surface area contributed by atoms with E-state index in [1.807, 2.05) is 18.2 Å². The van der Waals surface area contributed by atoms with Crippen LogP contribution in [0.1, 0.15) is 58.1 Å². The minimum Gasteiger partial charge on any atom is -0.478 e. The van der Waals surface area contributed by atoms with Crippen LogP contribution in [0.25, 0.3) is 0 Å². The number of piperidine rings is 1. The van der Waals surface area contributed by atoms with Crippen molar-refractivity contribution < 1.29 is 19.5 Å². The fourth-order valence-corrected chi connectivity index (χ4v) is 3.51. The lowest BCUT2D eigenvalue weighted by Crippen LogP contribution is -2.39. The van der Waals surface area contributed by atoms with Gasteiger partial charge in [-0.3, -0.25) is 14.3 Å². The van der Waals surface area contributed by atoms with Crippen LogP contribution >= 0.6 is 0 Å². The molecule has 7 nitrogen and oxygen atoms in total. The summed E-state index contributed by atoms with van der Waals surface area (Å²) in [5, 5.41) is 13.4. The number of Topliss-reactive ketones (excluding diaryl/α,β-unsaturated/α-hetero) is 1. The van der Waals surface area contributed by atoms with Crippen LogP contribution in [0.2, 0.25) is 0 Å². The van der Waals surface area contributed by atoms with E-state index in [-0.39, 0.29) is 36.1 Å². The van der Waals surface area contributed by atoms with Crippen molar-refractivity contribution >= 4 is 17.7 Å². The number of likely N-dealkylation sites (tertiary alicyclic amines) is 1. The molecule has 2 heterocycles. The highest BCUT2D eigenvalue weighted by Crippen LogP contribution is 2.25. The van der Waals surface area contributed by atoms with E-state index in [4.69, 9.17) is 5.11 Å². The number of carbonyl (C=O) groups excluding carboxylic acids is 2. The van der Waals surface area contributed by atoms with Crippen LogP contribution in [0.15, 0.2) is 36.5 Å². The van der Waals surface area contributed by atoms with Crippen LogP contribution in [0.5, 0.6) is 0 Å². The van der Waals surface area contributed by atoms with E-state index >= 15 is 0 Å². The second-order valence-electron chi connectivity index (χ2n) is 6.79. The molecule has 27 heavy (non-hydrogen) atoms. The lowest BCUT2D eigenvalue weighted by molar-refractivity contribution is -0.132. The van der Waals surface area contributed by atoms with E-state index in [1.165, 1.54) is 6.20 Å². The van der Waals surface area contributed by atoms with Gasteiger partial charge in [0.15, 0.2) is 5.78 Å². The summed E-state index contributed by atoms with van der Waals surface area (Å²) in [5.74, 6) is -1.01. The minimum atomic E-state index is -0.977. The second-order valence-corrected chi connectivity index (χ2v) is 6.79. The van der Waals surface area contributed by atoms with E-state index in [1.54, 1.807) is 28.6 Å². The molecule has 0 radical (unpaired) electrons. The van der Waals surface area contributed by atoms with Crippen molar-refractivity contribution in [3.63, 3.8) is 0 Å². The highest BCUT2D eigenvalue weighted by molar-refractivity contribution is 5.97. The molecular formula is C20H23N3O4. The molecule has 0 unspecified atom stereocenters. The molecule has 0 aliphatic carbocycles. The molecule has 0 saturated carbocycles. The van der Waals surface area contributed by atoms with Gasteiger partial charge in [0.2, 0.25) is 5.91 Å². The molecule has 1 N–H and O–H groups in total. The number of carboxylic acids is 1. The summed E-state index contributed by atoms with van der Waals surface area (Å²) in [7, 11) is 0. The van der Waals surface area contributed by atoms with Crippen LogP contribution in [0.3, 0.4) is 0 Å². The Morgan fingerprint density at radius 2 is 1.78 bits per heavy atom. The molecule has 1 amide bonds. The number of amides is 1. The summed E-state index contributed by atoms with van der Waals surface area (Å²) >= 11 is 0. The Morgan fingerprint density at radius 1 is 1.11 bits per heavy atom. The molecule has 0 atom stereocenters. The van der Waals surface area contributed by atoms with Gasteiger partial charge in [0.1, 0.15) is 5.56 Å². The lowest BCUT2D eigenvalue weighted by atomic mass is 10.0. The van der Waals surface area contributed by atoms with E-state index in [2.05, 4.69) is 5.10 Å². The van der Waals surface area contributed by atoms with Gasteiger partial charge in [0.05, 0.1) is 17.9 Å². The average molecular weight is 369 g/mol. The van der Waals surface area contributed by atoms with Crippen LogP contribution < -0.4 is 0 Å². The third-order valence-electron chi connectivity index (χ3n) is 5.10. The number of nitrogens with zero attached hydrogens (tertiary/aromatic N) is 3. The third-order valence-corrected chi connectivity index (χ3v) is 5.10. The van der Waals surface area contributed by atoms with E-state index in [0.29, 0.717) is 24.3 Å². The molecule has 0 spiro atoms. The molecule has 3 rings (SSSR count). The maximum atomic E-state index is 12.4. The van der Waals surface area contributed by atoms with Crippen LogP contribution in [-0.4, -0.2) is 50.5 Å². The van der Waals surface area contributed by atoms with Crippen molar-refractivity contribution in [1.29, 1.82) is 0 Å². The monoisotopic (exact) mass is 369 g/mol. The Hall–Kier alpha value is -2.96. The number of hydrogen-bond acceptors (Lipinski definition) is 4. The minimum absolute atomic E-state index is 0.0128. The maximum absolute atomic E-state index is 12.4. The molecule has 7 heteroatoms. The number of aromatic nitrogens is 2. The second kappa shape index (κ2) is 8.16. The van der Waals surface area contributed by atoms with Crippen molar-refractivity contribution in [1.82, 2.24) is 14.7 Å². The Balaban J connectivity index is 1.51. The Labute approximate surface area is 157 Å². The predicted molar refractivity (Wildman–Crippen MR) is 98.8 cm³/mol. The smallest absolute Gasteiger partial charge is 0.339 e. The van der Waals surface area contributed by atoms with Crippen molar-refractivity contribution in [2.24, 2.45) is 0 Å². The molecule has 1 aliphatic rings. The molecule has 2 aromatic rings. The first-order chi connectivity index (χ1) is 13.0. The normalized spacial score (nSPS) is 14.9. The van der Waals surface area contributed by atoms with Crippen molar-refractivity contribution in [3.05, 3.63) is 53.3 Å². The topological polar surface area (TPSA) is 92.5 Å². The summed E-state index contributed by atoms with van der Waals surface area (Å²) in [4.78, 5) is 37.5. The Morgan fingerprint density at radius 3 is 2.37 bits per heavy atom. The predicted octanol–water partition coefficient (Wildman–Crippen LogP) is 2.72. The van der Waals surface area contributed by atoms with Gasteiger partial charge < -0.3 is 10.0 Å². The average Bonchev–Trinajstić information content (AvgIpc) is 3.08. The largest absolute Gasteiger partial charge is 0.478 e. The fourth-order valence-electron chi connectivity index (χ4n) is 3.51. The van der Waals surface area contributed by atoms with Gasteiger partial charge in [-0.2, -0.15) is 5.10 Å². The van der Waals surface area contributed by atoms with Crippen molar-refractivity contribution in [2.45, 2.75) is 38.6 Å². The van der Waals surface area contributed by atoms with E-state index < -0.39 is 5.97 Å². The van der Waals surface area contributed by atoms with E-state index in [9.17, 15) is 14.4 Å². The number of carbonyl (C=O) groups is 3. The van der Waals surface area contributed by atoms with Crippen LogP contribution in [0, 0.1) is 6.92 Å². The van der Waals surface area contributed by atoms with Gasteiger partial charge >= 0.3 is 5.97 Å². The molecule has 1 aromatic heterocycles. The summed E-state index contributed by atoms with van der Waals surface area (Å²) in [6.45, 7) is 2.93. The first-order valence-electron chi connectivity index (χ1n) is 9.11. The number of hydrogen-bond donors (Lipinski definition) is 1. The van der Waals surface area contributed by atoms with Gasteiger partial charge in [0, 0.05) is 31.5 Å². The SMILES string of the molecule is Cc1c(C(=O)O)cnn1C1CCN(C(=O)CCC(=O)c2ccccc2)CC1. The van der Waals surface area contributed by atoms with Gasteiger partial charge in [-0.15, -0.1) is 0 Å². The van der Waals surface area contributed by atoms with Gasteiger partial charge in [-0.25, -0.2) is 4.79 Å². The molecule has 142 valence electrons. The summed E-state index contributed by atoms with van der Waals surface area (Å²) in [6.07, 6.45) is 3.25. The van der Waals surface area contributed by atoms with Crippen molar-refractivity contribution in [2.75, 3.05) is 13.1 Å². The zero-order valence-electron chi connectivity index (χ0n) is 15.3. The lowest BCUT2D eigenvalue weighted by Gasteiger charge is -2.32. The quantitative estimate of drug-likeness (QED) is 0.791. The Bertz CT molecular complexity index is 836. The molecule has 0 bridgehead atoms. The zero-order chi connectivity index (χ0) is 19.4. The first-order valence-corrected chi connectivity index (χ1v) is 9.11. The maximum Gasteiger partial charge on any atom is 0.339 e. The van der Waals surface area contributed by atoms with E-state index in [0.717, 1.165) is 12.8 Å². The Kier molecular flexibility index (Phi) is 5.69. The molecular weight excluding hydrogens is 346 g/mol. The standard InChI is InChI=1S/C20H23N3O4/c1-14-17(20(26)27)13-21-23(14)16-9-11-22(12-10-16)19(25)8-7-18(24)15-5-3-2-4-6-15/h2-6,13,16H,7-12H2,1H3,(H,26,27). The molecule has 1 aliphatic heterocycles. The number of rotatable bonds is 6. The zero-order valence-corrected chi connectivity index (χ0v) is 15.3. The summed E-state index contributed by atoms with van der Waals surface area (Å²) in [6, 6.07) is 9.09. The summed E-state index contributed by atoms with van der Waals surface area (Å²) < 4.78 is 1.75. The number of aromatic carboxylic acids is 1. The number of carboxylic acid groups (broad SMARTS) is 1.